The maximum absolute atomic E-state index is 11.9. The molecule has 154 valence electrons. The van der Waals surface area contributed by atoms with Crippen LogP contribution in [-0.2, 0) is 4.43 Å². The Hall–Kier alpha value is -1.20. The maximum Gasteiger partial charge on any atom is 0.333 e. The van der Waals surface area contributed by atoms with Crippen LogP contribution in [0.4, 0.5) is 0 Å². The Morgan fingerprint density at radius 3 is 1.67 bits per heavy atom. The van der Waals surface area contributed by atoms with E-state index in [2.05, 4.69) is 20.8 Å². The van der Waals surface area contributed by atoms with Crippen molar-refractivity contribution in [2.75, 3.05) is 0 Å². The standard InChI is InChI=1S/C22H39NO3Si/c1-4-7-13-18-27(19-14-8-5-2,20-15-9-6-3)26-22(23(24)25)21-16-11-10-12-17-21/h10-12,16-17,22H,4-9,13-15,18-20H2,1-3H3. The molecule has 1 atom stereocenters. The van der Waals surface area contributed by atoms with Crippen LogP contribution in [0.2, 0.25) is 18.1 Å². The summed E-state index contributed by atoms with van der Waals surface area (Å²) in [6, 6.07) is 12.5. The maximum atomic E-state index is 11.9. The number of nitro groups is 1. The highest BCUT2D eigenvalue weighted by Crippen LogP contribution is 2.35. The molecular formula is C22H39NO3Si. The van der Waals surface area contributed by atoms with Crippen LogP contribution in [0.3, 0.4) is 0 Å². The van der Waals surface area contributed by atoms with E-state index < -0.39 is 14.5 Å². The van der Waals surface area contributed by atoms with Gasteiger partial charge in [0.25, 0.3) is 0 Å². The van der Waals surface area contributed by atoms with Crippen molar-refractivity contribution in [3.05, 3.63) is 46.0 Å². The number of hydrogen-bond acceptors (Lipinski definition) is 3. The lowest BCUT2D eigenvalue weighted by Crippen LogP contribution is -2.41. The van der Waals surface area contributed by atoms with Crippen LogP contribution in [0.5, 0.6) is 0 Å². The second kappa shape index (κ2) is 13.9. The Labute approximate surface area is 167 Å². The summed E-state index contributed by atoms with van der Waals surface area (Å²) in [7, 11) is -2.16. The molecule has 0 saturated heterocycles. The fourth-order valence-corrected chi connectivity index (χ4v) is 8.21. The highest BCUT2D eigenvalue weighted by atomic mass is 28.4. The van der Waals surface area contributed by atoms with E-state index in [4.69, 9.17) is 4.43 Å². The quantitative estimate of drug-likeness (QED) is 0.0960. The number of hydrogen-bond donors (Lipinski definition) is 0. The first-order valence-corrected chi connectivity index (χ1v) is 13.5. The summed E-state index contributed by atoms with van der Waals surface area (Å²) in [5.41, 5.74) is 0.681. The molecule has 0 aliphatic rings. The molecule has 0 aliphatic carbocycles. The van der Waals surface area contributed by atoms with E-state index >= 15 is 0 Å². The fourth-order valence-electron chi connectivity index (χ4n) is 3.73. The van der Waals surface area contributed by atoms with Crippen molar-refractivity contribution in [2.24, 2.45) is 0 Å². The normalized spacial score (nSPS) is 12.9. The molecule has 0 aliphatic heterocycles. The molecule has 0 saturated carbocycles. The molecule has 1 rings (SSSR count). The van der Waals surface area contributed by atoms with Gasteiger partial charge in [0.15, 0.2) is 0 Å². The SMILES string of the molecule is CCCCC[Si](CCCCC)(CCCCC)OC(c1ccccc1)[N+](=O)[O-]. The van der Waals surface area contributed by atoms with Gasteiger partial charge in [-0.1, -0.05) is 96.8 Å². The van der Waals surface area contributed by atoms with Gasteiger partial charge in [0, 0.05) is 0 Å². The third kappa shape index (κ3) is 9.02. The Morgan fingerprint density at radius 1 is 0.852 bits per heavy atom. The molecule has 0 fully saturated rings. The lowest BCUT2D eigenvalue weighted by atomic mass is 10.2. The van der Waals surface area contributed by atoms with E-state index in [-0.39, 0.29) is 4.92 Å². The molecule has 0 heterocycles. The van der Waals surface area contributed by atoms with E-state index in [1.54, 1.807) is 0 Å². The third-order valence-electron chi connectivity index (χ3n) is 5.35. The third-order valence-corrected chi connectivity index (χ3v) is 9.86. The zero-order chi connectivity index (χ0) is 20.0. The minimum absolute atomic E-state index is 0.226. The molecule has 0 N–H and O–H groups in total. The molecule has 0 radical (unpaired) electrons. The van der Waals surface area contributed by atoms with E-state index in [1.165, 1.54) is 38.5 Å². The Morgan fingerprint density at radius 2 is 1.30 bits per heavy atom. The monoisotopic (exact) mass is 393 g/mol. The summed E-state index contributed by atoms with van der Waals surface area (Å²) in [5.74, 6) is 0. The zero-order valence-electron chi connectivity index (χ0n) is 17.6. The molecule has 27 heavy (non-hydrogen) atoms. The highest BCUT2D eigenvalue weighted by Gasteiger charge is 2.40. The molecule has 1 unspecified atom stereocenters. The summed E-state index contributed by atoms with van der Waals surface area (Å²) in [5, 5.41) is 11.9. The van der Waals surface area contributed by atoms with Crippen LogP contribution in [0.25, 0.3) is 0 Å². The van der Waals surface area contributed by atoms with Gasteiger partial charge in [-0.15, -0.1) is 0 Å². The van der Waals surface area contributed by atoms with Crippen LogP contribution < -0.4 is 0 Å². The average Bonchev–Trinajstić information content (AvgIpc) is 2.67. The molecule has 0 aromatic heterocycles. The van der Waals surface area contributed by atoms with E-state index in [1.807, 2.05) is 30.3 Å². The van der Waals surface area contributed by atoms with Crippen molar-refractivity contribution in [1.82, 2.24) is 0 Å². The molecule has 5 heteroatoms. The first kappa shape index (κ1) is 23.8. The van der Waals surface area contributed by atoms with Crippen LogP contribution in [0, 0.1) is 10.1 Å². The van der Waals surface area contributed by atoms with Gasteiger partial charge >= 0.3 is 6.23 Å². The highest BCUT2D eigenvalue weighted by molar-refractivity contribution is 6.73. The smallest absolute Gasteiger partial charge is 0.333 e. The minimum atomic E-state index is -2.16. The van der Waals surface area contributed by atoms with Crippen molar-refractivity contribution >= 4 is 8.32 Å². The van der Waals surface area contributed by atoms with Crippen molar-refractivity contribution in [3.8, 4) is 0 Å². The summed E-state index contributed by atoms with van der Waals surface area (Å²) >= 11 is 0. The number of nitrogens with zero attached hydrogens (tertiary/aromatic N) is 1. The Bertz CT molecular complexity index is 483. The van der Waals surface area contributed by atoms with Crippen LogP contribution in [0.1, 0.15) is 90.3 Å². The van der Waals surface area contributed by atoms with Gasteiger partial charge in [-0.2, -0.15) is 0 Å². The largest absolute Gasteiger partial charge is 0.355 e. The average molecular weight is 394 g/mol. The summed E-state index contributed by atoms with van der Waals surface area (Å²) < 4.78 is 6.57. The summed E-state index contributed by atoms with van der Waals surface area (Å²) in [4.78, 5) is 11.6. The number of rotatable bonds is 16. The molecule has 0 bridgehead atoms. The number of benzene rings is 1. The second-order valence-electron chi connectivity index (χ2n) is 7.72. The second-order valence-corrected chi connectivity index (χ2v) is 11.8. The first-order valence-electron chi connectivity index (χ1n) is 10.9. The fraction of sp³-hybridized carbons (Fsp3) is 0.727. The van der Waals surface area contributed by atoms with Crippen LogP contribution >= 0.6 is 0 Å². The van der Waals surface area contributed by atoms with Gasteiger partial charge in [-0.25, -0.2) is 0 Å². The zero-order valence-corrected chi connectivity index (χ0v) is 18.6. The van der Waals surface area contributed by atoms with Crippen LogP contribution in [0.15, 0.2) is 30.3 Å². The topological polar surface area (TPSA) is 52.4 Å². The molecule has 4 nitrogen and oxygen atoms in total. The van der Waals surface area contributed by atoms with Gasteiger partial charge < -0.3 is 4.43 Å². The van der Waals surface area contributed by atoms with E-state index in [0.717, 1.165) is 37.4 Å². The number of unbranched alkanes of at least 4 members (excludes halogenated alkanes) is 6. The molecule has 1 aromatic carbocycles. The van der Waals surface area contributed by atoms with E-state index in [9.17, 15) is 10.1 Å². The van der Waals surface area contributed by atoms with Crippen molar-refractivity contribution in [2.45, 2.75) is 103 Å². The Kier molecular flexibility index (Phi) is 12.3. The van der Waals surface area contributed by atoms with Gasteiger partial charge in [-0.3, -0.25) is 10.1 Å². The molecular weight excluding hydrogens is 354 g/mol. The predicted octanol–water partition coefficient (Wildman–Crippen LogP) is 7.49. The van der Waals surface area contributed by atoms with Crippen LogP contribution in [-0.4, -0.2) is 13.2 Å². The molecule has 1 aromatic rings. The molecule has 0 amide bonds. The lowest BCUT2D eigenvalue weighted by molar-refractivity contribution is -0.573. The van der Waals surface area contributed by atoms with Gasteiger partial charge in [0.05, 0.1) is 10.5 Å². The van der Waals surface area contributed by atoms with Gasteiger partial charge in [0.2, 0.25) is 8.32 Å². The first-order chi connectivity index (χ1) is 13.1. The van der Waals surface area contributed by atoms with Gasteiger partial charge in [0.1, 0.15) is 0 Å². The Balaban J connectivity index is 3.05. The summed E-state index contributed by atoms with van der Waals surface area (Å²) in [6.07, 6.45) is 9.49. The lowest BCUT2D eigenvalue weighted by Gasteiger charge is -2.33. The van der Waals surface area contributed by atoms with Gasteiger partial charge in [-0.05, 0) is 30.3 Å². The predicted molar refractivity (Wildman–Crippen MR) is 116 cm³/mol. The van der Waals surface area contributed by atoms with Crippen molar-refractivity contribution in [3.63, 3.8) is 0 Å². The minimum Gasteiger partial charge on any atom is -0.355 e. The summed E-state index contributed by atoms with van der Waals surface area (Å²) in [6.45, 7) is 6.63. The van der Waals surface area contributed by atoms with E-state index in [0.29, 0.717) is 5.56 Å². The molecule has 0 spiro atoms. The van der Waals surface area contributed by atoms with Crippen molar-refractivity contribution in [1.29, 1.82) is 0 Å². The van der Waals surface area contributed by atoms with Crippen molar-refractivity contribution < 1.29 is 9.35 Å².